The third-order valence-corrected chi connectivity index (χ3v) is 9.31. The number of anilines is 4. The van der Waals surface area contributed by atoms with E-state index in [0.29, 0.717) is 0 Å². The normalized spacial score (nSPS) is 14.2. The molecule has 0 amide bonds. The lowest BCUT2D eigenvalue weighted by molar-refractivity contribution is 1.08. The molecule has 2 aliphatic rings. The minimum absolute atomic E-state index is 0.0801. The van der Waals surface area contributed by atoms with E-state index >= 15 is 0 Å². The van der Waals surface area contributed by atoms with Gasteiger partial charge < -0.3 is 14.4 Å². The lowest BCUT2D eigenvalue weighted by Gasteiger charge is -2.44. The van der Waals surface area contributed by atoms with Crippen LogP contribution in [-0.2, 0) is 0 Å². The number of hydrogen-bond donors (Lipinski definition) is 0. The van der Waals surface area contributed by atoms with Crippen LogP contribution in [0.25, 0.3) is 28.7 Å². The highest BCUT2D eigenvalue weighted by molar-refractivity contribution is 7.00. The third kappa shape index (κ3) is 4.28. The summed E-state index contributed by atoms with van der Waals surface area (Å²) >= 11 is 0. The average molecular weight is 596 g/mol. The van der Waals surface area contributed by atoms with E-state index in [0.717, 1.165) is 33.8 Å². The van der Waals surface area contributed by atoms with Crippen LogP contribution < -0.4 is 26.2 Å². The summed E-state index contributed by atoms with van der Waals surface area (Å²) in [4.78, 5) is 4.84. The fourth-order valence-electron chi connectivity index (χ4n) is 7.33. The molecule has 0 unspecified atom stereocenters. The van der Waals surface area contributed by atoms with Gasteiger partial charge in [0.15, 0.2) is 0 Å². The molecule has 224 valence electrons. The Kier molecular flexibility index (Phi) is 7.50. The second kappa shape index (κ2) is 11.8. The topological polar surface area (TPSA) is 11.4 Å². The summed E-state index contributed by atoms with van der Waals surface area (Å²) in [7, 11) is 0. The summed E-state index contributed by atoms with van der Waals surface area (Å²) in [6.45, 7) is 17.0. The van der Waals surface area contributed by atoms with Gasteiger partial charge >= 0.3 is 0 Å². The van der Waals surface area contributed by atoms with E-state index in [-0.39, 0.29) is 6.71 Å². The quantitative estimate of drug-likeness (QED) is 0.137. The van der Waals surface area contributed by atoms with Gasteiger partial charge in [-0.25, -0.2) is 0 Å². The van der Waals surface area contributed by atoms with E-state index < -0.39 is 0 Å². The first-order valence-corrected chi connectivity index (χ1v) is 16.0. The molecule has 0 spiro atoms. The molecule has 0 atom stereocenters. The Morgan fingerprint density at radius 3 is 2.00 bits per heavy atom. The molecule has 0 aliphatic carbocycles. The van der Waals surface area contributed by atoms with Crippen LogP contribution in [-0.4, -0.2) is 11.3 Å². The highest BCUT2D eigenvalue weighted by Gasteiger charge is 2.43. The second-order valence-electron chi connectivity index (χ2n) is 11.7. The Labute approximate surface area is 273 Å². The summed E-state index contributed by atoms with van der Waals surface area (Å²) < 4.78 is 2.39. The maximum absolute atomic E-state index is 4.29. The smallest absolute Gasteiger partial charge is 0.252 e. The first kappa shape index (κ1) is 29.2. The number of hydrogen-bond acceptors (Lipinski definition) is 2. The van der Waals surface area contributed by atoms with Gasteiger partial charge in [-0.1, -0.05) is 98.1 Å². The number of rotatable bonds is 7. The van der Waals surface area contributed by atoms with Crippen LogP contribution in [0.1, 0.15) is 39.0 Å². The van der Waals surface area contributed by atoms with Crippen molar-refractivity contribution < 1.29 is 0 Å². The zero-order valence-electron chi connectivity index (χ0n) is 27.0. The number of allylic oxidation sites excluding steroid dienone is 7. The van der Waals surface area contributed by atoms with Crippen LogP contribution in [0.5, 0.6) is 0 Å². The summed E-state index contributed by atoms with van der Waals surface area (Å²) in [6, 6.07) is 31.1. The molecule has 4 aromatic carbocycles. The summed E-state index contributed by atoms with van der Waals surface area (Å²) in [5.41, 5.74) is 15.3. The van der Waals surface area contributed by atoms with E-state index in [1.165, 1.54) is 44.5 Å². The third-order valence-electron chi connectivity index (χ3n) is 9.31. The van der Waals surface area contributed by atoms with Gasteiger partial charge in [-0.15, -0.1) is 0 Å². The van der Waals surface area contributed by atoms with E-state index in [1.54, 1.807) is 0 Å². The summed E-state index contributed by atoms with van der Waals surface area (Å²) in [6.07, 6.45) is 16.8. The summed E-state index contributed by atoms with van der Waals surface area (Å²) in [5.74, 6) is 0. The van der Waals surface area contributed by atoms with Crippen LogP contribution in [0, 0.1) is 0 Å². The van der Waals surface area contributed by atoms with Gasteiger partial charge in [0.2, 0.25) is 0 Å². The van der Waals surface area contributed by atoms with Crippen molar-refractivity contribution in [3.05, 3.63) is 157 Å². The zero-order chi connectivity index (χ0) is 31.9. The molecule has 3 heterocycles. The maximum atomic E-state index is 4.29. The Hall–Kier alpha value is -5.48. The fraction of sp³-hybridized carbons (Fsp3) is 0.0952. The monoisotopic (exact) mass is 595 g/mol. The summed E-state index contributed by atoms with van der Waals surface area (Å²) in [5, 5.41) is 1.18. The van der Waals surface area contributed by atoms with Gasteiger partial charge in [-0.2, -0.15) is 0 Å². The minimum Gasteiger partial charge on any atom is -0.316 e. The highest BCUT2D eigenvalue weighted by atomic mass is 15.2. The van der Waals surface area contributed by atoms with Crippen molar-refractivity contribution in [2.45, 2.75) is 27.7 Å². The van der Waals surface area contributed by atoms with Gasteiger partial charge in [0.25, 0.3) is 6.71 Å². The molecule has 3 nitrogen and oxygen atoms in total. The molecule has 46 heavy (non-hydrogen) atoms. The first-order chi connectivity index (χ1) is 22.6. The molecule has 0 fully saturated rings. The van der Waals surface area contributed by atoms with Crippen molar-refractivity contribution >= 4 is 68.9 Å². The number of benzene rings is 4. The highest BCUT2D eigenvalue weighted by Crippen LogP contribution is 2.43. The number of aromatic nitrogens is 1. The van der Waals surface area contributed by atoms with Crippen molar-refractivity contribution in [1.29, 1.82) is 0 Å². The first-order valence-electron chi connectivity index (χ1n) is 16.0. The molecule has 1 aromatic heterocycles. The molecule has 5 aromatic rings. The molecule has 0 bridgehead atoms. The van der Waals surface area contributed by atoms with Crippen LogP contribution in [0.2, 0.25) is 0 Å². The second-order valence-corrected chi connectivity index (χ2v) is 11.7. The number of para-hydroxylation sites is 3. The standard InChI is InChI=1S/C42H38BN3/c1-7-12-20-30(10-4)45-39-26-18-15-23-35(39)43-34-22-14-17-25-38(34)44(29(6)9-3)40-27-31(28-41(45)42(40)43)46-36(19-8-2)32(11-5)33-21-13-16-24-37(33)46/h7-28H,4-5H2,1-3,6H3/b12-7-,19-8-,29-9+,30-20+. The van der Waals surface area contributed by atoms with Gasteiger partial charge in [0.05, 0.1) is 16.9 Å². The van der Waals surface area contributed by atoms with Gasteiger partial charge in [0.1, 0.15) is 0 Å². The Morgan fingerprint density at radius 2 is 1.37 bits per heavy atom. The Balaban J connectivity index is 1.67. The molecule has 0 saturated carbocycles. The average Bonchev–Trinajstić information content (AvgIpc) is 3.41. The Bertz CT molecular complexity index is 2160. The molecule has 0 saturated heterocycles. The predicted octanol–water partition coefficient (Wildman–Crippen LogP) is 9.30. The van der Waals surface area contributed by atoms with Crippen LogP contribution in [0.15, 0.2) is 146 Å². The lowest BCUT2D eigenvalue weighted by Crippen LogP contribution is -2.62. The molecule has 0 radical (unpaired) electrons. The predicted molar refractivity (Wildman–Crippen MR) is 202 cm³/mol. The van der Waals surface area contributed by atoms with E-state index in [4.69, 9.17) is 0 Å². The van der Waals surface area contributed by atoms with Crippen LogP contribution in [0.3, 0.4) is 0 Å². The SMILES string of the molecule is C=C/C(=C\C=C/C)N1c2ccccc2B2c3ccccc3N(/C(C)=C/C)c3cc(-n4c(/C=C\C)c(C=C)c5ccccc54)cc1c32. The van der Waals surface area contributed by atoms with Gasteiger partial charge in [-0.3, -0.25) is 0 Å². The lowest BCUT2D eigenvalue weighted by atomic mass is 9.33. The van der Waals surface area contributed by atoms with E-state index in [1.807, 2.05) is 19.1 Å². The van der Waals surface area contributed by atoms with E-state index in [2.05, 4.69) is 170 Å². The number of nitrogens with zero attached hydrogens (tertiary/aromatic N) is 3. The minimum atomic E-state index is 0.0801. The molecular weight excluding hydrogens is 557 g/mol. The zero-order valence-corrected chi connectivity index (χ0v) is 27.0. The number of fused-ring (bicyclic) bond motifs is 5. The molecule has 2 aliphatic heterocycles. The molecular formula is C42H38BN3. The van der Waals surface area contributed by atoms with E-state index in [9.17, 15) is 0 Å². The van der Waals surface area contributed by atoms with Crippen molar-refractivity contribution in [3.8, 4) is 5.69 Å². The fourth-order valence-corrected chi connectivity index (χ4v) is 7.33. The molecule has 4 heteroatoms. The molecule has 0 N–H and O–H groups in total. The van der Waals surface area contributed by atoms with Gasteiger partial charge in [-0.05, 0) is 92.6 Å². The van der Waals surface area contributed by atoms with Crippen LogP contribution >= 0.6 is 0 Å². The molecule has 7 rings (SSSR count). The van der Waals surface area contributed by atoms with Crippen LogP contribution in [0.4, 0.5) is 22.7 Å². The maximum Gasteiger partial charge on any atom is 0.252 e. The van der Waals surface area contributed by atoms with Crippen molar-refractivity contribution in [1.82, 2.24) is 4.57 Å². The van der Waals surface area contributed by atoms with Crippen molar-refractivity contribution in [3.63, 3.8) is 0 Å². The van der Waals surface area contributed by atoms with Crippen molar-refractivity contribution in [2.24, 2.45) is 0 Å². The largest absolute Gasteiger partial charge is 0.316 e. The van der Waals surface area contributed by atoms with Crippen molar-refractivity contribution in [2.75, 3.05) is 9.80 Å². The Morgan fingerprint density at radius 1 is 0.739 bits per heavy atom. The van der Waals surface area contributed by atoms with Gasteiger partial charge in [0, 0.05) is 45.1 Å².